The molecule has 0 spiro atoms. The molecule has 0 saturated heterocycles. The van der Waals surface area contributed by atoms with Gasteiger partial charge in [0.05, 0.1) is 17.4 Å². The lowest BCUT2D eigenvalue weighted by Gasteiger charge is -2.39. The van der Waals surface area contributed by atoms with Crippen LogP contribution >= 0.6 is 0 Å². The lowest BCUT2D eigenvalue weighted by molar-refractivity contribution is -0.126. The lowest BCUT2D eigenvalue weighted by Crippen LogP contribution is -2.43. The summed E-state index contributed by atoms with van der Waals surface area (Å²) in [6.45, 7) is 10.4. The lowest BCUT2D eigenvalue weighted by atomic mass is 9.91. The highest BCUT2D eigenvalue weighted by molar-refractivity contribution is 5.35. The summed E-state index contributed by atoms with van der Waals surface area (Å²) in [6, 6.07) is 3.92. The minimum atomic E-state index is -0.0775. The van der Waals surface area contributed by atoms with Crippen LogP contribution in [0.25, 0.3) is 0 Å². The summed E-state index contributed by atoms with van der Waals surface area (Å²) in [5.41, 5.74) is 1.65. The van der Waals surface area contributed by atoms with Gasteiger partial charge in [0, 0.05) is 19.3 Å². The van der Waals surface area contributed by atoms with E-state index in [4.69, 9.17) is 9.47 Å². The van der Waals surface area contributed by atoms with E-state index < -0.39 is 0 Å². The number of pyridine rings is 1. The minimum Gasteiger partial charge on any atom is -0.488 e. The maximum atomic E-state index is 6.02. The molecule has 0 amide bonds. The molecule has 1 aromatic rings. The second kappa shape index (κ2) is 7.15. The Labute approximate surface area is 134 Å². The van der Waals surface area contributed by atoms with E-state index in [1.165, 1.54) is 0 Å². The third-order valence-corrected chi connectivity index (χ3v) is 3.49. The van der Waals surface area contributed by atoms with Gasteiger partial charge >= 0.3 is 0 Å². The topological polar surface area (TPSA) is 31.4 Å². The SMILES string of the molecule is CCCC#Cc1ccc(OC2CC(OC(C)(C)C)C2)c(C)n1. The summed E-state index contributed by atoms with van der Waals surface area (Å²) in [7, 11) is 0. The van der Waals surface area contributed by atoms with Crippen LogP contribution in [0, 0.1) is 18.8 Å². The summed E-state index contributed by atoms with van der Waals surface area (Å²) in [5.74, 6) is 7.07. The van der Waals surface area contributed by atoms with E-state index in [0.717, 1.165) is 42.8 Å². The predicted molar refractivity (Wildman–Crippen MR) is 89.0 cm³/mol. The number of aromatic nitrogens is 1. The summed E-state index contributed by atoms with van der Waals surface area (Å²) in [6.07, 6.45) is 4.45. The Balaban J connectivity index is 1.86. The number of hydrogen-bond donors (Lipinski definition) is 0. The fourth-order valence-electron chi connectivity index (χ4n) is 2.41. The smallest absolute Gasteiger partial charge is 0.141 e. The quantitative estimate of drug-likeness (QED) is 0.778. The van der Waals surface area contributed by atoms with Gasteiger partial charge in [0.1, 0.15) is 17.5 Å². The van der Waals surface area contributed by atoms with E-state index in [0.29, 0.717) is 6.10 Å². The van der Waals surface area contributed by atoms with Gasteiger partial charge in [0.2, 0.25) is 0 Å². The Bertz CT molecular complexity index is 557. The molecule has 1 saturated carbocycles. The molecule has 0 N–H and O–H groups in total. The zero-order valence-corrected chi connectivity index (χ0v) is 14.4. The van der Waals surface area contributed by atoms with Gasteiger partial charge in [-0.2, -0.15) is 0 Å². The van der Waals surface area contributed by atoms with E-state index in [-0.39, 0.29) is 11.7 Å². The Kier molecular flexibility index (Phi) is 5.47. The van der Waals surface area contributed by atoms with Crippen LogP contribution in [0.4, 0.5) is 0 Å². The van der Waals surface area contributed by atoms with Crippen molar-refractivity contribution in [2.24, 2.45) is 0 Å². The van der Waals surface area contributed by atoms with Crippen molar-refractivity contribution in [3.8, 4) is 17.6 Å². The van der Waals surface area contributed by atoms with Gasteiger partial charge in [-0.1, -0.05) is 12.8 Å². The third-order valence-electron chi connectivity index (χ3n) is 3.49. The molecule has 120 valence electrons. The summed E-state index contributed by atoms with van der Waals surface area (Å²) in [5, 5.41) is 0. The van der Waals surface area contributed by atoms with Crippen molar-refractivity contribution in [1.82, 2.24) is 4.98 Å². The highest BCUT2D eigenvalue weighted by Gasteiger charge is 2.34. The maximum absolute atomic E-state index is 6.02. The first-order chi connectivity index (χ1) is 10.4. The average molecular weight is 301 g/mol. The Morgan fingerprint density at radius 2 is 1.95 bits per heavy atom. The van der Waals surface area contributed by atoms with Crippen molar-refractivity contribution >= 4 is 0 Å². The zero-order chi connectivity index (χ0) is 16.2. The van der Waals surface area contributed by atoms with Crippen molar-refractivity contribution in [3.63, 3.8) is 0 Å². The molecule has 1 fully saturated rings. The standard InChI is InChI=1S/C19H27NO2/c1-6-7-8-9-15-10-11-18(14(2)20-15)21-16-12-17(13-16)22-19(3,4)5/h10-11,16-17H,6-7,12-13H2,1-5H3. The van der Waals surface area contributed by atoms with Gasteiger partial charge in [-0.05, 0) is 52.2 Å². The van der Waals surface area contributed by atoms with E-state index >= 15 is 0 Å². The Morgan fingerprint density at radius 1 is 1.23 bits per heavy atom. The van der Waals surface area contributed by atoms with Crippen molar-refractivity contribution in [1.29, 1.82) is 0 Å². The first kappa shape index (κ1) is 16.8. The molecule has 0 aliphatic heterocycles. The van der Waals surface area contributed by atoms with Crippen LogP contribution in [0.1, 0.15) is 64.8 Å². The second-order valence-electron chi connectivity index (χ2n) is 6.90. The number of nitrogens with zero attached hydrogens (tertiary/aromatic N) is 1. The highest BCUT2D eigenvalue weighted by atomic mass is 16.5. The molecule has 22 heavy (non-hydrogen) atoms. The number of ether oxygens (including phenoxy) is 2. The van der Waals surface area contributed by atoms with Crippen LogP contribution in [0.2, 0.25) is 0 Å². The third kappa shape index (κ3) is 5.03. The summed E-state index contributed by atoms with van der Waals surface area (Å²) >= 11 is 0. The van der Waals surface area contributed by atoms with Crippen LogP contribution in [0.5, 0.6) is 5.75 Å². The molecule has 3 nitrogen and oxygen atoms in total. The predicted octanol–water partition coefficient (Wildman–Crippen LogP) is 4.27. The Hall–Kier alpha value is -1.53. The molecule has 1 aromatic heterocycles. The van der Waals surface area contributed by atoms with Crippen LogP contribution in [-0.4, -0.2) is 22.8 Å². The molecule has 0 unspecified atom stereocenters. The molecule has 1 aliphatic rings. The molecule has 1 aliphatic carbocycles. The van der Waals surface area contributed by atoms with E-state index in [1.807, 2.05) is 19.1 Å². The first-order valence-corrected chi connectivity index (χ1v) is 8.18. The highest BCUT2D eigenvalue weighted by Crippen LogP contribution is 2.31. The molecule has 0 radical (unpaired) electrons. The minimum absolute atomic E-state index is 0.0775. The van der Waals surface area contributed by atoms with Crippen molar-refractivity contribution in [3.05, 3.63) is 23.5 Å². The van der Waals surface area contributed by atoms with Crippen LogP contribution in [0.3, 0.4) is 0 Å². The number of unbranched alkanes of at least 4 members (excludes halogenated alkanes) is 1. The van der Waals surface area contributed by atoms with Crippen molar-refractivity contribution in [2.75, 3.05) is 0 Å². The molecule has 0 bridgehead atoms. The number of aryl methyl sites for hydroxylation is 1. The van der Waals surface area contributed by atoms with Crippen LogP contribution in [0.15, 0.2) is 12.1 Å². The summed E-state index contributed by atoms with van der Waals surface area (Å²) in [4.78, 5) is 4.50. The normalized spacial score (nSPS) is 20.8. The number of hydrogen-bond acceptors (Lipinski definition) is 3. The van der Waals surface area contributed by atoms with Crippen molar-refractivity contribution in [2.45, 2.75) is 78.1 Å². The Morgan fingerprint density at radius 3 is 2.55 bits per heavy atom. The van der Waals surface area contributed by atoms with E-state index in [2.05, 4.69) is 44.5 Å². The van der Waals surface area contributed by atoms with Crippen LogP contribution < -0.4 is 4.74 Å². The summed E-state index contributed by atoms with van der Waals surface area (Å²) < 4.78 is 11.9. The van der Waals surface area contributed by atoms with Crippen molar-refractivity contribution < 1.29 is 9.47 Å². The molecular weight excluding hydrogens is 274 g/mol. The van der Waals surface area contributed by atoms with Gasteiger partial charge < -0.3 is 9.47 Å². The van der Waals surface area contributed by atoms with Crippen LogP contribution in [-0.2, 0) is 4.74 Å². The first-order valence-electron chi connectivity index (χ1n) is 8.18. The van der Waals surface area contributed by atoms with Gasteiger partial charge in [0.15, 0.2) is 0 Å². The molecule has 0 aromatic carbocycles. The van der Waals surface area contributed by atoms with Gasteiger partial charge in [-0.15, -0.1) is 0 Å². The average Bonchev–Trinajstić information content (AvgIpc) is 2.37. The van der Waals surface area contributed by atoms with Gasteiger partial charge in [-0.25, -0.2) is 4.98 Å². The zero-order valence-electron chi connectivity index (χ0n) is 14.4. The largest absolute Gasteiger partial charge is 0.488 e. The van der Waals surface area contributed by atoms with Gasteiger partial charge in [0.25, 0.3) is 0 Å². The fraction of sp³-hybridized carbons (Fsp3) is 0.632. The van der Waals surface area contributed by atoms with E-state index in [9.17, 15) is 0 Å². The number of rotatable bonds is 4. The molecule has 3 heteroatoms. The molecular formula is C19H27NO2. The van der Waals surface area contributed by atoms with Gasteiger partial charge in [-0.3, -0.25) is 0 Å². The maximum Gasteiger partial charge on any atom is 0.141 e. The monoisotopic (exact) mass is 301 g/mol. The molecule has 2 rings (SSSR count). The van der Waals surface area contributed by atoms with E-state index in [1.54, 1.807) is 0 Å². The molecule has 0 atom stereocenters. The second-order valence-corrected chi connectivity index (χ2v) is 6.90. The fourth-order valence-corrected chi connectivity index (χ4v) is 2.41. The molecule has 1 heterocycles.